The average molecular weight is 390 g/mol. The molecule has 1 heterocycles. The van der Waals surface area contributed by atoms with Crippen molar-refractivity contribution in [3.05, 3.63) is 78.0 Å². The van der Waals surface area contributed by atoms with Crippen molar-refractivity contribution >= 4 is 23.5 Å². The van der Waals surface area contributed by atoms with Crippen LogP contribution in [0.3, 0.4) is 0 Å². The van der Waals surface area contributed by atoms with Gasteiger partial charge < -0.3 is 9.84 Å². The van der Waals surface area contributed by atoms with Crippen LogP contribution in [-0.4, -0.2) is 35.0 Å². The molecular weight excluding hydrogens is 372 g/mol. The average Bonchev–Trinajstić information content (AvgIpc) is 2.74. The van der Waals surface area contributed by atoms with E-state index in [9.17, 15) is 19.5 Å². The molecule has 2 aromatic carbocycles. The van der Waals surface area contributed by atoms with Crippen molar-refractivity contribution in [1.29, 1.82) is 0 Å². The number of carbonyl (C=O) groups is 3. The van der Waals surface area contributed by atoms with Crippen LogP contribution in [0.5, 0.6) is 5.75 Å². The first kappa shape index (κ1) is 19.8. The zero-order valence-electron chi connectivity index (χ0n) is 15.8. The first-order valence-corrected chi connectivity index (χ1v) is 8.70. The van der Waals surface area contributed by atoms with E-state index < -0.39 is 17.8 Å². The Morgan fingerprint density at radius 1 is 1.00 bits per heavy atom. The van der Waals surface area contributed by atoms with Crippen LogP contribution in [0.15, 0.2) is 66.9 Å². The lowest BCUT2D eigenvalue weighted by molar-refractivity contribution is -0.115. The van der Waals surface area contributed by atoms with Gasteiger partial charge in [0.05, 0.1) is 35.8 Å². The molecule has 0 aliphatic heterocycles. The fourth-order valence-corrected chi connectivity index (χ4v) is 2.89. The molecule has 29 heavy (non-hydrogen) atoms. The van der Waals surface area contributed by atoms with Crippen LogP contribution >= 0.6 is 0 Å². The summed E-state index contributed by atoms with van der Waals surface area (Å²) in [6.45, 7) is 1.29. The highest BCUT2D eigenvalue weighted by molar-refractivity contribution is 6.22. The molecule has 0 unspecified atom stereocenters. The molecule has 0 radical (unpaired) electrons. The largest absolute Gasteiger partial charge is 0.495 e. The van der Waals surface area contributed by atoms with Gasteiger partial charge in [0, 0.05) is 12.5 Å². The smallest absolute Gasteiger partial charge is 0.335 e. The Hall–Kier alpha value is -4.00. The van der Waals surface area contributed by atoms with Crippen LogP contribution in [-0.2, 0) is 4.79 Å². The fraction of sp³-hybridized carbons (Fsp3) is 0.0909. The van der Waals surface area contributed by atoms with E-state index in [-0.39, 0.29) is 16.8 Å². The van der Waals surface area contributed by atoms with E-state index in [0.717, 1.165) is 4.90 Å². The number of rotatable bonds is 5. The molecule has 146 valence electrons. The zero-order valence-corrected chi connectivity index (χ0v) is 15.8. The van der Waals surface area contributed by atoms with E-state index in [2.05, 4.69) is 4.98 Å². The first-order chi connectivity index (χ1) is 13.9. The summed E-state index contributed by atoms with van der Waals surface area (Å²) in [6.07, 6.45) is 1.43. The van der Waals surface area contributed by atoms with E-state index >= 15 is 0 Å². The monoisotopic (exact) mass is 390 g/mol. The number of hydrogen-bond acceptors (Lipinski definition) is 5. The van der Waals surface area contributed by atoms with Crippen molar-refractivity contribution in [2.75, 3.05) is 12.0 Å². The Balaban J connectivity index is 2.17. The van der Waals surface area contributed by atoms with Gasteiger partial charge in [0.2, 0.25) is 5.91 Å². The van der Waals surface area contributed by atoms with E-state index in [1.54, 1.807) is 42.5 Å². The molecule has 3 rings (SSSR count). The second kappa shape index (κ2) is 8.35. The molecule has 0 atom stereocenters. The van der Waals surface area contributed by atoms with Gasteiger partial charge in [-0.05, 0) is 30.3 Å². The van der Waals surface area contributed by atoms with Crippen molar-refractivity contribution in [2.24, 2.45) is 0 Å². The number of aromatic carboxylic acids is 1. The number of nitrogens with zero attached hydrogens (tertiary/aromatic N) is 2. The van der Waals surface area contributed by atoms with Crippen molar-refractivity contribution in [2.45, 2.75) is 6.92 Å². The summed E-state index contributed by atoms with van der Waals surface area (Å²) in [5.74, 6) is -1.81. The molecule has 0 saturated carbocycles. The lowest BCUT2D eigenvalue weighted by atomic mass is 10.0. The van der Waals surface area contributed by atoms with Crippen LogP contribution in [0.4, 0.5) is 5.69 Å². The van der Waals surface area contributed by atoms with Gasteiger partial charge in [0.25, 0.3) is 5.91 Å². The predicted molar refractivity (Wildman–Crippen MR) is 107 cm³/mol. The lowest BCUT2D eigenvalue weighted by Crippen LogP contribution is -2.35. The van der Waals surface area contributed by atoms with Gasteiger partial charge in [-0.3, -0.25) is 14.6 Å². The van der Waals surface area contributed by atoms with Crippen LogP contribution < -0.4 is 9.64 Å². The van der Waals surface area contributed by atoms with Gasteiger partial charge in [-0.1, -0.05) is 30.3 Å². The van der Waals surface area contributed by atoms with Crippen molar-refractivity contribution in [3.8, 4) is 17.0 Å². The number of carboxylic acid groups (broad SMARTS) is 1. The summed E-state index contributed by atoms with van der Waals surface area (Å²) in [5.41, 5.74) is 1.28. The molecule has 1 N–H and O–H groups in total. The van der Waals surface area contributed by atoms with Crippen molar-refractivity contribution < 1.29 is 24.2 Å². The molecule has 0 bridgehead atoms. The molecule has 2 amide bonds. The number of benzene rings is 2. The molecule has 0 saturated heterocycles. The highest BCUT2D eigenvalue weighted by Crippen LogP contribution is 2.28. The van der Waals surface area contributed by atoms with Crippen molar-refractivity contribution in [1.82, 2.24) is 4.98 Å². The van der Waals surface area contributed by atoms with Crippen LogP contribution in [0.2, 0.25) is 0 Å². The Kier molecular flexibility index (Phi) is 5.69. The van der Waals surface area contributed by atoms with Gasteiger partial charge in [0.1, 0.15) is 5.75 Å². The molecule has 7 nitrogen and oxygen atoms in total. The number of ether oxygens (including phenoxy) is 1. The summed E-state index contributed by atoms with van der Waals surface area (Å²) < 4.78 is 5.19. The molecule has 1 aromatic heterocycles. The number of para-hydroxylation sites is 1. The standard InChI is InChI=1S/C22H18N2O5/c1-14(25)24(17-9-4-3-5-10-17)21(26)19-12-18(29-2)13-23-20(19)15-7-6-8-16(11-15)22(27)28/h3-13H,1-2H3,(H,27,28). The van der Waals surface area contributed by atoms with Gasteiger partial charge >= 0.3 is 5.97 Å². The Morgan fingerprint density at radius 3 is 2.34 bits per heavy atom. The maximum atomic E-state index is 13.4. The van der Waals surface area contributed by atoms with Crippen LogP contribution in [0, 0.1) is 0 Å². The number of pyridine rings is 1. The second-order valence-corrected chi connectivity index (χ2v) is 6.15. The third-order valence-corrected chi connectivity index (χ3v) is 4.24. The second-order valence-electron chi connectivity index (χ2n) is 6.15. The van der Waals surface area contributed by atoms with Gasteiger partial charge in [-0.25, -0.2) is 9.69 Å². The van der Waals surface area contributed by atoms with Crippen LogP contribution in [0.25, 0.3) is 11.3 Å². The molecule has 0 spiro atoms. The molecule has 0 fully saturated rings. The summed E-state index contributed by atoms with van der Waals surface area (Å²) in [5, 5.41) is 9.27. The number of carbonyl (C=O) groups excluding carboxylic acids is 2. The van der Waals surface area contributed by atoms with Gasteiger partial charge in [0.15, 0.2) is 0 Å². The predicted octanol–water partition coefficient (Wildman–Crippen LogP) is 3.65. The van der Waals surface area contributed by atoms with Gasteiger partial charge in [-0.2, -0.15) is 0 Å². The lowest BCUT2D eigenvalue weighted by Gasteiger charge is -2.21. The number of aromatic nitrogens is 1. The van der Waals surface area contributed by atoms with Crippen LogP contribution in [0.1, 0.15) is 27.6 Å². The molecule has 7 heteroatoms. The Bertz CT molecular complexity index is 1080. The summed E-state index contributed by atoms with van der Waals surface area (Å²) in [6, 6.07) is 16.1. The van der Waals surface area contributed by atoms with E-state index in [0.29, 0.717) is 17.0 Å². The SMILES string of the molecule is COc1cnc(-c2cccc(C(=O)O)c2)c(C(=O)N(C(C)=O)c2ccccc2)c1. The van der Waals surface area contributed by atoms with Gasteiger partial charge in [-0.15, -0.1) is 0 Å². The minimum absolute atomic E-state index is 0.0602. The maximum Gasteiger partial charge on any atom is 0.335 e. The Labute approximate surface area is 167 Å². The molecule has 3 aromatic rings. The normalized spacial score (nSPS) is 10.3. The summed E-state index contributed by atoms with van der Waals surface area (Å²) >= 11 is 0. The number of carboxylic acids is 1. The highest BCUT2D eigenvalue weighted by Gasteiger charge is 2.26. The molecular formula is C22H18N2O5. The minimum Gasteiger partial charge on any atom is -0.495 e. The third-order valence-electron chi connectivity index (χ3n) is 4.24. The van der Waals surface area contributed by atoms with E-state index in [1.165, 1.54) is 38.4 Å². The molecule has 0 aliphatic carbocycles. The maximum absolute atomic E-state index is 13.4. The topological polar surface area (TPSA) is 96.8 Å². The number of imide groups is 1. The third kappa shape index (κ3) is 4.14. The zero-order chi connectivity index (χ0) is 21.0. The van der Waals surface area contributed by atoms with E-state index in [1.807, 2.05) is 0 Å². The quantitative estimate of drug-likeness (QED) is 0.714. The Morgan fingerprint density at radius 2 is 1.72 bits per heavy atom. The minimum atomic E-state index is -1.09. The number of anilines is 1. The number of hydrogen-bond donors (Lipinski definition) is 1. The summed E-state index contributed by atoms with van der Waals surface area (Å²) in [7, 11) is 1.44. The molecule has 0 aliphatic rings. The van der Waals surface area contributed by atoms with E-state index in [4.69, 9.17) is 4.74 Å². The number of methoxy groups -OCH3 is 1. The van der Waals surface area contributed by atoms with Crippen molar-refractivity contribution in [3.63, 3.8) is 0 Å². The summed E-state index contributed by atoms with van der Waals surface area (Å²) in [4.78, 5) is 42.3. The first-order valence-electron chi connectivity index (χ1n) is 8.70. The number of amides is 2. The highest BCUT2D eigenvalue weighted by atomic mass is 16.5. The fourth-order valence-electron chi connectivity index (χ4n) is 2.89.